The van der Waals surface area contributed by atoms with Gasteiger partial charge in [-0.1, -0.05) is 11.2 Å². The normalized spacial score (nSPS) is 18.0. The Morgan fingerprint density at radius 1 is 1.50 bits per heavy atom. The average molecular weight is 358 g/mol. The van der Waals surface area contributed by atoms with Crippen LogP contribution >= 0.6 is 11.3 Å². The van der Waals surface area contributed by atoms with Gasteiger partial charge in [-0.3, -0.25) is 9.59 Å². The summed E-state index contributed by atoms with van der Waals surface area (Å²) in [4.78, 5) is 26.6. The molecule has 1 amide bonds. The Morgan fingerprint density at radius 2 is 2.21 bits per heavy atom. The van der Waals surface area contributed by atoms with E-state index in [4.69, 9.17) is 24.1 Å². The zero-order valence-corrected chi connectivity index (χ0v) is 14.1. The number of hydrogen-bond donors (Lipinski definition) is 3. The van der Waals surface area contributed by atoms with Crippen LogP contribution in [-0.4, -0.2) is 67.7 Å². The molecule has 1 saturated heterocycles. The molecule has 9 nitrogen and oxygen atoms in total. The first-order valence-corrected chi connectivity index (χ1v) is 7.86. The number of ether oxygens (including phenoxy) is 1. The third kappa shape index (κ3) is 7.09. The van der Waals surface area contributed by atoms with Crippen molar-refractivity contribution in [2.24, 2.45) is 5.16 Å². The quantitative estimate of drug-likeness (QED) is 0.385. The molecule has 24 heavy (non-hydrogen) atoms. The zero-order chi connectivity index (χ0) is 17.9. The van der Waals surface area contributed by atoms with E-state index in [0.29, 0.717) is 11.5 Å². The zero-order valence-electron chi connectivity index (χ0n) is 13.3. The van der Waals surface area contributed by atoms with E-state index in [-0.39, 0.29) is 18.9 Å². The SMILES string of the molecule is CC(=O)O.CO/N=C(/C(=O)NC1COCCOB1O)c1cccs1. The maximum atomic E-state index is 12.2. The second-order valence-electron chi connectivity index (χ2n) is 4.54. The van der Waals surface area contributed by atoms with Crippen LogP contribution in [0.15, 0.2) is 22.7 Å². The summed E-state index contributed by atoms with van der Waals surface area (Å²) in [7, 11) is 0.265. The number of hydrogen-bond acceptors (Lipinski definition) is 8. The fraction of sp³-hybridized carbons (Fsp3) is 0.462. The van der Waals surface area contributed by atoms with Crippen LogP contribution in [-0.2, 0) is 23.8 Å². The van der Waals surface area contributed by atoms with Gasteiger partial charge in [-0.15, -0.1) is 11.3 Å². The van der Waals surface area contributed by atoms with E-state index in [1.54, 1.807) is 6.07 Å². The summed E-state index contributed by atoms with van der Waals surface area (Å²) >= 11 is 1.37. The molecule has 0 bridgehead atoms. The molecule has 1 aromatic rings. The molecule has 11 heteroatoms. The van der Waals surface area contributed by atoms with E-state index < -0.39 is 24.9 Å². The van der Waals surface area contributed by atoms with E-state index in [1.165, 1.54) is 18.4 Å². The smallest absolute Gasteiger partial charge is 0.480 e. The van der Waals surface area contributed by atoms with E-state index in [9.17, 15) is 9.82 Å². The van der Waals surface area contributed by atoms with Gasteiger partial charge in [-0.05, 0) is 11.4 Å². The minimum Gasteiger partial charge on any atom is -0.481 e. The van der Waals surface area contributed by atoms with Crippen LogP contribution in [0, 0.1) is 0 Å². The highest BCUT2D eigenvalue weighted by molar-refractivity contribution is 7.13. The van der Waals surface area contributed by atoms with E-state index in [0.717, 1.165) is 6.92 Å². The standard InChI is InChI=1S/C11H15BN2O5S.C2H4O2/c1-17-14-10(8-3-2-6-20-8)11(15)13-9-7-18-4-5-19-12(9)16;1-2(3)4/h2-3,6,9,16H,4-5,7H2,1H3,(H,13,15);1H3,(H,3,4)/b14-10+;. The lowest BCUT2D eigenvalue weighted by atomic mass is 9.79. The maximum Gasteiger partial charge on any atom is 0.480 e. The van der Waals surface area contributed by atoms with Gasteiger partial charge in [-0.2, -0.15) is 0 Å². The molecule has 2 rings (SSSR count). The second kappa shape index (κ2) is 10.8. The first-order chi connectivity index (χ1) is 11.5. The molecule has 0 spiro atoms. The number of rotatable bonds is 4. The fourth-order valence-corrected chi connectivity index (χ4v) is 2.39. The summed E-state index contributed by atoms with van der Waals surface area (Å²) in [6.07, 6.45) is 0. The molecular formula is C13H19BN2O7S. The van der Waals surface area contributed by atoms with Gasteiger partial charge in [0, 0.05) is 6.92 Å². The number of carboxylic acids is 1. The lowest BCUT2D eigenvalue weighted by Crippen LogP contribution is -2.51. The Labute approximate surface area is 143 Å². The summed E-state index contributed by atoms with van der Waals surface area (Å²) in [6, 6.07) is 3.57. The number of nitrogens with zero attached hydrogens (tertiary/aromatic N) is 1. The van der Waals surface area contributed by atoms with Crippen molar-refractivity contribution in [3.05, 3.63) is 22.4 Å². The molecule has 1 aromatic heterocycles. The Bertz CT molecular complexity index is 549. The third-order valence-electron chi connectivity index (χ3n) is 2.63. The summed E-state index contributed by atoms with van der Waals surface area (Å²) in [5.41, 5.74) is 0.152. The highest BCUT2D eigenvalue weighted by Gasteiger charge is 2.32. The molecular weight excluding hydrogens is 339 g/mol. The van der Waals surface area contributed by atoms with Crippen LogP contribution in [0.3, 0.4) is 0 Å². The van der Waals surface area contributed by atoms with Gasteiger partial charge in [0.2, 0.25) is 0 Å². The van der Waals surface area contributed by atoms with Crippen LogP contribution in [0.25, 0.3) is 0 Å². The number of oxime groups is 1. The molecule has 1 aliphatic rings. The van der Waals surface area contributed by atoms with Crippen molar-refractivity contribution < 1.29 is 33.9 Å². The minimum absolute atomic E-state index is 0.152. The topological polar surface area (TPSA) is 127 Å². The number of carboxylic acid groups (broad SMARTS) is 1. The van der Waals surface area contributed by atoms with Crippen LogP contribution in [0.1, 0.15) is 11.8 Å². The molecule has 2 heterocycles. The average Bonchev–Trinajstić information content (AvgIpc) is 2.96. The van der Waals surface area contributed by atoms with Crippen LogP contribution < -0.4 is 5.32 Å². The van der Waals surface area contributed by atoms with Gasteiger partial charge in [0.1, 0.15) is 7.11 Å². The molecule has 1 atom stereocenters. The van der Waals surface area contributed by atoms with Gasteiger partial charge in [0.25, 0.3) is 11.9 Å². The van der Waals surface area contributed by atoms with Crippen LogP contribution in [0.5, 0.6) is 0 Å². The van der Waals surface area contributed by atoms with Crippen molar-refractivity contribution >= 4 is 36.0 Å². The Kier molecular flexibility index (Phi) is 9.01. The van der Waals surface area contributed by atoms with Crippen LogP contribution in [0.2, 0.25) is 0 Å². The molecule has 0 saturated carbocycles. The highest BCUT2D eigenvalue weighted by Crippen LogP contribution is 2.11. The first kappa shape index (κ1) is 20.1. The molecule has 1 aliphatic heterocycles. The van der Waals surface area contributed by atoms with E-state index >= 15 is 0 Å². The number of amides is 1. The molecule has 0 aliphatic carbocycles. The van der Waals surface area contributed by atoms with Crippen molar-refractivity contribution in [1.29, 1.82) is 0 Å². The van der Waals surface area contributed by atoms with Crippen LogP contribution in [0.4, 0.5) is 0 Å². The van der Waals surface area contributed by atoms with Gasteiger partial charge in [-0.25, -0.2) is 0 Å². The van der Waals surface area contributed by atoms with Gasteiger partial charge >= 0.3 is 7.12 Å². The van der Waals surface area contributed by atoms with E-state index in [2.05, 4.69) is 10.5 Å². The minimum atomic E-state index is -1.10. The molecule has 1 fully saturated rings. The summed E-state index contributed by atoms with van der Waals surface area (Å²) in [5, 5.41) is 25.4. The maximum absolute atomic E-state index is 12.2. The van der Waals surface area contributed by atoms with Crippen molar-refractivity contribution in [2.45, 2.75) is 12.9 Å². The predicted molar refractivity (Wildman–Crippen MR) is 87.8 cm³/mol. The molecule has 3 N–H and O–H groups in total. The summed E-state index contributed by atoms with van der Waals surface area (Å²) in [6.45, 7) is 1.93. The number of aliphatic carboxylic acids is 1. The van der Waals surface area contributed by atoms with Crippen molar-refractivity contribution in [1.82, 2.24) is 5.32 Å². The number of thiophene rings is 1. The lowest BCUT2D eigenvalue weighted by molar-refractivity contribution is -0.134. The number of carbonyl (C=O) groups is 2. The Balaban J connectivity index is 0.000000648. The number of nitrogens with one attached hydrogen (secondary N) is 1. The molecule has 0 aromatic carbocycles. The van der Waals surface area contributed by atoms with Gasteiger partial charge in [0.05, 0.1) is 30.6 Å². The first-order valence-electron chi connectivity index (χ1n) is 6.98. The third-order valence-corrected chi connectivity index (χ3v) is 3.50. The highest BCUT2D eigenvalue weighted by atomic mass is 32.1. The molecule has 0 radical (unpaired) electrons. The lowest BCUT2D eigenvalue weighted by Gasteiger charge is -2.17. The fourth-order valence-electron chi connectivity index (χ4n) is 1.69. The monoisotopic (exact) mass is 358 g/mol. The van der Waals surface area contributed by atoms with E-state index in [1.807, 2.05) is 11.4 Å². The molecule has 1 unspecified atom stereocenters. The Hall–Kier alpha value is -1.95. The number of carbonyl (C=O) groups excluding carboxylic acids is 1. The largest absolute Gasteiger partial charge is 0.481 e. The van der Waals surface area contributed by atoms with Crippen molar-refractivity contribution in [3.8, 4) is 0 Å². The summed E-state index contributed by atoms with van der Waals surface area (Å²) < 4.78 is 10.3. The Morgan fingerprint density at radius 3 is 2.79 bits per heavy atom. The van der Waals surface area contributed by atoms with Crippen molar-refractivity contribution in [2.75, 3.05) is 26.9 Å². The second-order valence-corrected chi connectivity index (χ2v) is 5.48. The molecule has 132 valence electrons. The van der Waals surface area contributed by atoms with Gasteiger partial charge < -0.3 is 29.7 Å². The predicted octanol–water partition coefficient (Wildman–Crippen LogP) is -0.259. The van der Waals surface area contributed by atoms with Gasteiger partial charge in [0.15, 0.2) is 5.71 Å². The van der Waals surface area contributed by atoms with Crippen molar-refractivity contribution in [3.63, 3.8) is 0 Å². The summed E-state index contributed by atoms with van der Waals surface area (Å²) in [5.74, 6) is -1.93.